The van der Waals surface area contributed by atoms with Crippen LogP contribution in [0.5, 0.6) is 0 Å². The lowest BCUT2D eigenvalue weighted by Gasteiger charge is -2.36. The first-order chi connectivity index (χ1) is 9.54. The molecule has 5 heteroatoms. The van der Waals surface area contributed by atoms with Gasteiger partial charge in [-0.2, -0.15) is 0 Å². The Morgan fingerprint density at radius 2 is 2.30 bits per heavy atom. The van der Waals surface area contributed by atoms with Gasteiger partial charge >= 0.3 is 0 Å². The fraction of sp³-hybridized carbons (Fsp3) is 0.533. The van der Waals surface area contributed by atoms with E-state index >= 15 is 0 Å². The molecule has 4 nitrogen and oxygen atoms in total. The molecule has 0 saturated carbocycles. The third-order valence-electron chi connectivity index (χ3n) is 3.77. The van der Waals surface area contributed by atoms with E-state index in [0.29, 0.717) is 6.54 Å². The van der Waals surface area contributed by atoms with Gasteiger partial charge in [-0.25, -0.2) is 4.39 Å². The summed E-state index contributed by atoms with van der Waals surface area (Å²) in [7, 11) is 0. The molecular formula is C15H22FN3O. The predicted molar refractivity (Wildman–Crippen MR) is 78.3 cm³/mol. The van der Waals surface area contributed by atoms with Gasteiger partial charge in [-0.05, 0) is 44.2 Å². The molecule has 2 rings (SSSR count). The number of benzene rings is 1. The maximum Gasteiger partial charge on any atom is 0.242 e. The van der Waals surface area contributed by atoms with E-state index in [9.17, 15) is 9.18 Å². The second-order valence-corrected chi connectivity index (χ2v) is 5.14. The topological polar surface area (TPSA) is 44.4 Å². The van der Waals surface area contributed by atoms with Crippen molar-refractivity contribution >= 4 is 11.6 Å². The van der Waals surface area contributed by atoms with Gasteiger partial charge in [0, 0.05) is 24.8 Å². The lowest BCUT2D eigenvalue weighted by atomic mass is 10.0. The Hall–Kier alpha value is -1.62. The van der Waals surface area contributed by atoms with Crippen LogP contribution in [0.3, 0.4) is 0 Å². The van der Waals surface area contributed by atoms with E-state index in [1.54, 1.807) is 12.1 Å². The summed E-state index contributed by atoms with van der Waals surface area (Å²) >= 11 is 0. The van der Waals surface area contributed by atoms with Gasteiger partial charge in [-0.1, -0.05) is 6.92 Å². The van der Waals surface area contributed by atoms with Crippen molar-refractivity contribution in [1.29, 1.82) is 0 Å². The van der Waals surface area contributed by atoms with Gasteiger partial charge in [0.05, 0.1) is 0 Å². The number of hydrogen-bond donors (Lipinski definition) is 2. The minimum absolute atomic E-state index is 0.0163. The number of rotatable bonds is 4. The molecule has 0 aromatic heterocycles. The van der Waals surface area contributed by atoms with Gasteiger partial charge in [0.1, 0.15) is 11.9 Å². The molecule has 1 saturated heterocycles. The summed E-state index contributed by atoms with van der Waals surface area (Å²) in [5, 5.41) is 6.15. The van der Waals surface area contributed by atoms with E-state index in [1.165, 1.54) is 6.07 Å². The van der Waals surface area contributed by atoms with Gasteiger partial charge in [0.2, 0.25) is 5.91 Å². The summed E-state index contributed by atoms with van der Waals surface area (Å²) < 4.78 is 13.6. The van der Waals surface area contributed by atoms with E-state index < -0.39 is 0 Å². The van der Waals surface area contributed by atoms with Crippen LogP contribution in [0.25, 0.3) is 0 Å². The molecule has 1 aliphatic rings. The molecule has 1 aromatic rings. The van der Waals surface area contributed by atoms with Gasteiger partial charge in [0.25, 0.3) is 0 Å². The van der Waals surface area contributed by atoms with Crippen LogP contribution in [-0.2, 0) is 4.79 Å². The molecule has 1 amide bonds. The minimum Gasteiger partial charge on any atom is -0.358 e. The number of carbonyl (C=O) groups excluding carboxylic acids is 1. The van der Waals surface area contributed by atoms with Crippen LogP contribution >= 0.6 is 0 Å². The largest absolute Gasteiger partial charge is 0.358 e. The van der Waals surface area contributed by atoms with Crippen molar-refractivity contribution in [3.63, 3.8) is 0 Å². The summed E-state index contributed by atoms with van der Waals surface area (Å²) in [6.45, 7) is 8.08. The molecule has 1 heterocycles. The molecule has 1 fully saturated rings. The molecule has 0 spiro atoms. The highest BCUT2D eigenvalue weighted by Crippen LogP contribution is 2.29. The quantitative estimate of drug-likeness (QED) is 0.883. The van der Waals surface area contributed by atoms with E-state index in [2.05, 4.69) is 10.6 Å². The first-order valence-electron chi connectivity index (χ1n) is 7.11. The Balaban J connectivity index is 2.37. The van der Waals surface area contributed by atoms with E-state index in [4.69, 9.17) is 0 Å². The number of carbonyl (C=O) groups is 1. The first kappa shape index (κ1) is 14.8. The summed E-state index contributed by atoms with van der Waals surface area (Å²) in [6.07, 6.45) is 0. The highest BCUT2D eigenvalue weighted by atomic mass is 19.1. The SMILES string of the molecule is CCNC(C)c1cc(F)ccc1N1CCNC(=O)C1C. The van der Waals surface area contributed by atoms with Crippen LogP contribution in [0.15, 0.2) is 18.2 Å². The fourth-order valence-corrected chi connectivity index (χ4v) is 2.66. The molecule has 1 aromatic carbocycles. The van der Waals surface area contributed by atoms with Crippen LogP contribution in [0.1, 0.15) is 32.4 Å². The molecule has 2 unspecified atom stereocenters. The molecule has 2 atom stereocenters. The van der Waals surface area contributed by atoms with Crippen molar-refractivity contribution < 1.29 is 9.18 Å². The van der Waals surface area contributed by atoms with Crippen LogP contribution in [0.4, 0.5) is 10.1 Å². The molecule has 1 aliphatic heterocycles. The van der Waals surface area contributed by atoms with Crippen molar-refractivity contribution in [2.75, 3.05) is 24.5 Å². The summed E-state index contributed by atoms with van der Waals surface area (Å²) in [5.41, 5.74) is 1.83. The van der Waals surface area contributed by atoms with Gasteiger partial charge < -0.3 is 15.5 Å². The summed E-state index contributed by atoms with van der Waals surface area (Å²) in [4.78, 5) is 13.9. The van der Waals surface area contributed by atoms with Crippen molar-refractivity contribution in [2.24, 2.45) is 0 Å². The Morgan fingerprint density at radius 3 is 3.00 bits per heavy atom. The number of anilines is 1. The lowest BCUT2D eigenvalue weighted by Crippen LogP contribution is -2.54. The second kappa shape index (κ2) is 6.22. The van der Waals surface area contributed by atoms with Crippen molar-refractivity contribution in [2.45, 2.75) is 32.9 Å². The Morgan fingerprint density at radius 1 is 1.55 bits per heavy atom. The number of hydrogen-bond acceptors (Lipinski definition) is 3. The maximum atomic E-state index is 13.6. The molecule has 0 aliphatic carbocycles. The Labute approximate surface area is 119 Å². The van der Waals surface area contributed by atoms with E-state index in [1.807, 2.05) is 25.7 Å². The Bertz CT molecular complexity index is 492. The van der Waals surface area contributed by atoms with Crippen molar-refractivity contribution in [3.8, 4) is 0 Å². The van der Waals surface area contributed by atoms with Gasteiger partial charge in [-0.3, -0.25) is 4.79 Å². The number of nitrogens with zero attached hydrogens (tertiary/aromatic N) is 1. The molecule has 110 valence electrons. The Kier molecular flexibility index (Phi) is 4.60. The molecule has 0 bridgehead atoms. The predicted octanol–water partition coefficient (Wildman–Crippen LogP) is 1.82. The zero-order valence-corrected chi connectivity index (χ0v) is 12.2. The summed E-state index contributed by atoms with van der Waals surface area (Å²) in [5.74, 6) is -0.231. The van der Waals surface area contributed by atoms with Gasteiger partial charge in [0.15, 0.2) is 0 Å². The first-order valence-corrected chi connectivity index (χ1v) is 7.11. The number of halogens is 1. The van der Waals surface area contributed by atoms with Crippen LogP contribution in [0.2, 0.25) is 0 Å². The zero-order valence-electron chi connectivity index (χ0n) is 12.2. The molecule has 0 radical (unpaired) electrons. The van der Waals surface area contributed by atoms with Crippen LogP contribution < -0.4 is 15.5 Å². The summed E-state index contributed by atoms with van der Waals surface area (Å²) in [6, 6.07) is 4.59. The number of nitrogens with one attached hydrogen (secondary N) is 2. The second-order valence-electron chi connectivity index (χ2n) is 5.14. The normalized spacial score (nSPS) is 20.7. The third kappa shape index (κ3) is 2.93. The van der Waals surface area contributed by atoms with E-state index in [0.717, 1.165) is 24.3 Å². The highest BCUT2D eigenvalue weighted by Gasteiger charge is 2.28. The van der Waals surface area contributed by atoms with Crippen molar-refractivity contribution in [3.05, 3.63) is 29.6 Å². The van der Waals surface area contributed by atoms with Gasteiger partial charge in [-0.15, -0.1) is 0 Å². The van der Waals surface area contributed by atoms with Crippen LogP contribution in [0, 0.1) is 5.82 Å². The molecule has 20 heavy (non-hydrogen) atoms. The molecular weight excluding hydrogens is 257 g/mol. The minimum atomic E-state index is -0.248. The lowest BCUT2D eigenvalue weighted by molar-refractivity contribution is -0.122. The third-order valence-corrected chi connectivity index (χ3v) is 3.77. The van der Waals surface area contributed by atoms with Crippen LogP contribution in [-0.4, -0.2) is 31.6 Å². The molecule has 2 N–H and O–H groups in total. The van der Waals surface area contributed by atoms with E-state index in [-0.39, 0.29) is 23.8 Å². The van der Waals surface area contributed by atoms with Crippen molar-refractivity contribution in [1.82, 2.24) is 10.6 Å². The number of piperazine rings is 1. The number of amides is 1. The standard InChI is InChI=1S/C15H22FN3O/c1-4-17-10(2)13-9-12(16)5-6-14(13)19-8-7-18-15(20)11(19)3/h5-6,9-11,17H,4,7-8H2,1-3H3,(H,18,20). The monoisotopic (exact) mass is 279 g/mol. The smallest absolute Gasteiger partial charge is 0.242 e. The maximum absolute atomic E-state index is 13.6. The zero-order chi connectivity index (χ0) is 14.7. The highest BCUT2D eigenvalue weighted by molar-refractivity contribution is 5.86. The average molecular weight is 279 g/mol. The average Bonchev–Trinajstić information content (AvgIpc) is 2.42. The fourth-order valence-electron chi connectivity index (χ4n) is 2.66.